The Hall–Kier alpha value is -2.82. The maximum Gasteiger partial charge on any atom is 0.338 e. The van der Waals surface area contributed by atoms with Crippen molar-refractivity contribution in [1.82, 2.24) is 0 Å². The van der Waals surface area contributed by atoms with Crippen LogP contribution in [0.4, 0.5) is 0 Å². The fraction of sp³-hybridized carbons (Fsp3) is 0.517. The van der Waals surface area contributed by atoms with Crippen LogP contribution in [0.5, 0.6) is 5.75 Å². The highest BCUT2D eigenvalue weighted by Gasteiger charge is 2.33. The minimum absolute atomic E-state index is 0.183. The van der Waals surface area contributed by atoms with Gasteiger partial charge in [-0.05, 0) is 73.9 Å². The number of hydrogen-bond acceptors (Lipinski definition) is 5. The summed E-state index contributed by atoms with van der Waals surface area (Å²) in [6.45, 7) is 14.2. The second-order valence-corrected chi connectivity index (χ2v) is 9.06. The number of carbonyl (C=O) groups is 2. The number of carbonyl (C=O) groups excluding carboxylic acids is 2. The van der Waals surface area contributed by atoms with Gasteiger partial charge >= 0.3 is 11.9 Å². The molecular formula is C29H40O5. The lowest BCUT2D eigenvalue weighted by atomic mass is 9.70. The summed E-state index contributed by atoms with van der Waals surface area (Å²) < 4.78 is 16.7. The Morgan fingerprint density at radius 1 is 0.824 bits per heavy atom. The molecule has 0 aromatic heterocycles. The summed E-state index contributed by atoms with van der Waals surface area (Å²) in [6, 6.07) is 12.4. The molecular weight excluding hydrogens is 428 g/mol. The van der Waals surface area contributed by atoms with Crippen molar-refractivity contribution in [3.63, 3.8) is 0 Å². The highest BCUT2D eigenvalue weighted by atomic mass is 16.6. The van der Waals surface area contributed by atoms with Gasteiger partial charge in [-0.2, -0.15) is 0 Å². The third-order valence-corrected chi connectivity index (χ3v) is 7.26. The highest BCUT2D eigenvalue weighted by Crippen LogP contribution is 2.41. The quantitative estimate of drug-likeness (QED) is 0.344. The zero-order chi connectivity index (χ0) is 25.5. The molecule has 0 saturated carbocycles. The SMILES string of the molecule is CCC(CC)(COc1ccc(C(CC)(CC)c2ccc(C(=O)OC)c(C)c2)cc1C)OC(C)=O. The third-order valence-electron chi connectivity index (χ3n) is 7.26. The summed E-state index contributed by atoms with van der Waals surface area (Å²) in [4.78, 5) is 23.7. The topological polar surface area (TPSA) is 61.8 Å². The van der Waals surface area contributed by atoms with E-state index in [1.807, 2.05) is 45.9 Å². The van der Waals surface area contributed by atoms with Crippen LogP contribution in [0.15, 0.2) is 36.4 Å². The van der Waals surface area contributed by atoms with E-state index in [0.29, 0.717) is 25.0 Å². The number of benzene rings is 2. The van der Waals surface area contributed by atoms with Crippen molar-refractivity contribution in [2.24, 2.45) is 0 Å². The second kappa shape index (κ2) is 11.5. The Kier molecular flexibility index (Phi) is 9.31. The van der Waals surface area contributed by atoms with E-state index in [1.165, 1.54) is 25.2 Å². The number of methoxy groups -OCH3 is 1. The molecule has 186 valence electrons. The second-order valence-electron chi connectivity index (χ2n) is 9.06. The molecule has 0 saturated heterocycles. The summed E-state index contributed by atoms with van der Waals surface area (Å²) in [5, 5.41) is 0. The number of hydrogen-bond donors (Lipinski definition) is 0. The largest absolute Gasteiger partial charge is 0.489 e. The first-order chi connectivity index (χ1) is 16.1. The minimum atomic E-state index is -0.619. The molecule has 34 heavy (non-hydrogen) atoms. The Labute approximate surface area is 204 Å². The molecule has 0 atom stereocenters. The van der Waals surface area contributed by atoms with Gasteiger partial charge in [-0.3, -0.25) is 4.79 Å². The fourth-order valence-corrected chi connectivity index (χ4v) is 4.78. The summed E-state index contributed by atoms with van der Waals surface area (Å²) in [7, 11) is 1.40. The Balaban J connectivity index is 2.40. The maximum absolute atomic E-state index is 12.1. The molecule has 2 rings (SSSR count). The lowest BCUT2D eigenvalue weighted by molar-refractivity contribution is -0.161. The lowest BCUT2D eigenvalue weighted by Gasteiger charge is -2.34. The van der Waals surface area contributed by atoms with Gasteiger partial charge in [0.25, 0.3) is 0 Å². The van der Waals surface area contributed by atoms with Crippen molar-refractivity contribution in [2.45, 2.75) is 85.2 Å². The molecule has 0 N–H and O–H groups in total. The van der Waals surface area contributed by atoms with E-state index in [0.717, 1.165) is 29.7 Å². The molecule has 0 aliphatic rings. The Morgan fingerprint density at radius 2 is 1.38 bits per heavy atom. The maximum atomic E-state index is 12.1. The first kappa shape index (κ1) is 27.4. The van der Waals surface area contributed by atoms with Crippen LogP contribution >= 0.6 is 0 Å². The number of ether oxygens (including phenoxy) is 3. The van der Waals surface area contributed by atoms with E-state index in [-0.39, 0.29) is 17.4 Å². The molecule has 2 aromatic carbocycles. The van der Waals surface area contributed by atoms with Gasteiger partial charge in [-0.1, -0.05) is 52.0 Å². The van der Waals surface area contributed by atoms with Gasteiger partial charge in [0.15, 0.2) is 0 Å². The standard InChI is InChI=1S/C29H40O5/c1-9-28(10-2,34-22(7)30)19-33-26-16-14-24(18-21(26)6)29(11-3,12-4)23-13-15-25(20(5)17-23)27(31)32-8/h13-18H,9-12,19H2,1-8H3. The van der Waals surface area contributed by atoms with E-state index in [1.54, 1.807) is 0 Å². The van der Waals surface area contributed by atoms with E-state index in [4.69, 9.17) is 14.2 Å². The fourth-order valence-electron chi connectivity index (χ4n) is 4.78. The van der Waals surface area contributed by atoms with Crippen LogP contribution in [0.1, 0.15) is 92.9 Å². The molecule has 5 nitrogen and oxygen atoms in total. The van der Waals surface area contributed by atoms with Gasteiger partial charge in [-0.25, -0.2) is 4.79 Å². The van der Waals surface area contributed by atoms with E-state index in [9.17, 15) is 9.59 Å². The molecule has 0 unspecified atom stereocenters. The monoisotopic (exact) mass is 468 g/mol. The highest BCUT2D eigenvalue weighted by molar-refractivity contribution is 5.91. The molecule has 0 amide bonds. The first-order valence-electron chi connectivity index (χ1n) is 12.2. The zero-order valence-corrected chi connectivity index (χ0v) is 22.0. The molecule has 0 fully saturated rings. The normalized spacial score (nSPS) is 11.8. The van der Waals surface area contributed by atoms with Crippen LogP contribution in [0.25, 0.3) is 0 Å². The van der Waals surface area contributed by atoms with Crippen LogP contribution in [0.3, 0.4) is 0 Å². The van der Waals surface area contributed by atoms with Crippen LogP contribution in [-0.2, 0) is 19.7 Å². The van der Waals surface area contributed by atoms with Crippen LogP contribution in [0, 0.1) is 13.8 Å². The van der Waals surface area contributed by atoms with Gasteiger partial charge < -0.3 is 14.2 Å². The van der Waals surface area contributed by atoms with Crippen molar-refractivity contribution in [1.29, 1.82) is 0 Å². The Morgan fingerprint density at radius 3 is 1.82 bits per heavy atom. The van der Waals surface area contributed by atoms with E-state index < -0.39 is 5.60 Å². The van der Waals surface area contributed by atoms with Crippen molar-refractivity contribution >= 4 is 11.9 Å². The molecule has 5 heteroatoms. The average molecular weight is 469 g/mol. The first-order valence-corrected chi connectivity index (χ1v) is 12.2. The molecule has 0 aliphatic heterocycles. The number of esters is 2. The summed E-state index contributed by atoms with van der Waals surface area (Å²) in [5.41, 5.74) is 4.13. The smallest absolute Gasteiger partial charge is 0.338 e. The lowest BCUT2D eigenvalue weighted by Crippen LogP contribution is -2.39. The van der Waals surface area contributed by atoms with Crippen molar-refractivity contribution < 1.29 is 23.8 Å². The summed E-state index contributed by atoms with van der Waals surface area (Å²) >= 11 is 0. The molecule has 0 radical (unpaired) electrons. The minimum Gasteiger partial charge on any atom is -0.489 e. The molecule has 0 bridgehead atoms. The molecule has 0 aliphatic carbocycles. The van der Waals surface area contributed by atoms with Gasteiger partial charge in [0, 0.05) is 12.3 Å². The number of aryl methyl sites for hydroxylation is 2. The van der Waals surface area contributed by atoms with Gasteiger partial charge in [0.05, 0.1) is 12.7 Å². The van der Waals surface area contributed by atoms with Crippen LogP contribution in [0.2, 0.25) is 0 Å². The van der Waals surface area contributed by atoms with Gasteiger partial charge in [-0.15, -0.1) is 0 Å². The van der Waals surface area contributed by atoms with Crippen molar-refractivity contribution in [3.05, 3.63) is 64.2 Å². The van der Waals surface area contributed by atoms with E-state index in [2.05, 4.69) is 32.0 Å². The number of rotatable bonds is 11. The van der Waals surface area contributed by atoms with Crippen molar-refractivity contribution in [3.8, 4) is 5.75 Å². The predicted octanol–water partition coefficient (Wildman–Crippen LogP) is 6.70. The summed E-state index contributed by atoms with van der Waals surface area (Å²) in [6.07, 6.45) is 3.22. The van der Waals surface area contributed by atoms with Crippen LogP contribution in [-0.4, -0.2) is 31.3 Å². The molecule has 2 aromatic rings. The van der Waals surface area contributed by atoms with Gasteiger partial charge in [0.1, 0.15) is 18.0 Å². The molecule has 0 spiro atoms. The summed E-state index contributed by atoms with van der Waals surface area (Å²) in [5.74, 6) is 0.188. The third kappa shape index (κ3) is 5.63. The van der Waals surface area contributed by atoms with Gasteiger partial charge in [0.2, 0.25) is 0 Å². The zero-order valence-electron chi connectivity index (χ0n) is 22.0. The van der Waals surface area contributed by atoms with Crippen LogP contribution < -0.4 is 4.74 Å². The van der Waals surface area contributed by atoms with E-state index >= 15 is 0 Å². The van der Waals surface area contributed by atoms with Crippen molar-refractivity contribution in [2.75, 3.05) is 13.7 Å². The Bertz CT molecular complexity index is 1000. The molecule has 0 heterocycles. The predicted molar refractivity (Wildman–Crippen MR) is 136 cm³/mol. The average Bonchev–Trinajstić information content (AvgIpc) is 2.83.